The van der Waals surface area contributed by atoms with Crippen LogP contribution in [-0.2, 0) is 16.0 Å². The highest BCUT2D eigenvalue weighted by atomic mass is 32.2. The van der Waals surface area contributed by atoms with Gasteiger partial charge in [0.15, 0.2) is 11.8 Å². The quantitative estimate of drug-likeness (QED) is 0.743. The molecule has 1 aliphatic heterocycles. The molecule has 1 unspecified atom stereocenters. The number of rotatable bonds is 5. The van der Waals surface area contributed by atoms with Crippen LogP contribution in [0.2, 0.25) is 0 Å². The molecule has 0 spiro atoms. The molecule has 6 nitrogen and oxygen atoms in total. The van der Waals surface area contributed by atoms with Crippen molar-refractivity contribution >= 4 is 28.8 Å². The summed E-state index contributed by atoms with van der Waals surface area (Å²) >= 11 is 1.20. The van der Waals surface area contributed by atoms with E-state index in [0.29, 0.717) is 12.2 Å². The maximum Gasteiger partial charge on any atom is 0.341 e. The van der Waals surface area contributed by atoms with Gasteiger partial charge in [-0.15, -0.1) is 0 Å². The fraction of sp³-hybridized carbons (Fsp3) is 0.250. The number of carbonyl (C=O) groups excluding carboxylic acids is 1. The van der Waals surface area contributed by atoms with Crippen LogP contribution in [-0.4, -0.2) is 34.0 Å². The maximum absolute atomic E-state index is 11.5. The summed E-state index contributed by atoms with van der Waals surface area (Å²) in [6.07, 6.45) is 0.526. The van der Waals surface area contributed by atoms with Crippen molar-refractivity contribution < 1.29 is 19.4 Å². The molecule has 1 fully saturated rings. The molecule has 0 aliphatic carbocycles. The highest BCUT2D eigenvalue weighted by Gasteiger charge is 2.29. The van der Waals surface area contributed by atoms with E-state index in [4.69, 9.17) is 15.3 Å². The summed E-state index contributed by atoms with van der Waals surface area (Å²) in [6.45, 7) is -0.378. The zero-order valence-corrected chi connectivity index (χ0v) is 10.7. The van der Waals surface area contributed by atoms with Crippen LogP contribution in [0.15, 0.2) is 24.3 Å². The molecule has 0 bridgehead atoms. The summed E-state index contributed by atoms with van der Waals surface area (Å²) in [5, 5.41) is 18.2. The van der Waals surface area contributed by atoms with Crippen molar-refractivity contribution in [2.45, 2.75) is 11.7 Å². The standard InChI is InChI=1S/C12H12N2O4S/c13-12-14-11(17)9(19-12)5-7-1-3-8(4-2-7)18-6-10(15)16/h1-4,9H,5-6H2,(H,15,16)(H2,13,14,17). The Morgan fingerprint density at radius 2 is 2.11 bits per heavy atom. The van der Waals surface area contributed by atoms with Crippen molar-refractivity contribution in [3.63, 3.8) is 0 Å². The summed E-state index contributed by atoms with van der Waals surface area (Å²) in [4.78, 5) is 21.8. The molecule has 0 saturated carbocycles. The Bertz CT molecular complexity index is 515. The molecule has 1 saturated heterocycles. The second-order valence-electron chi connectivity index (χ2n) is 3.96. The number of carboxylic acids is 1. The van der Waals surface area contributed by atoms with Crippen LogP contribution in [0.5, 0.6) is 5.75 Å². The summed E-state index contributed by atoms with van der Waals surface area (Å²) in [7, 11) is 0. The lowest BCUT2D eigenvalue weighted by Crippen LogP contribution is -2.25. The fourth-order valence-corrected chi connectivity index (χ4v) is 2.52. The van der Waals surface area contributed by atoms with Crippen molar-refractivity contribution in [3.8, 4) is 5.75 Å². The summed E-state index contributed by atoms with van der Waals surface area (Å²) in [6, 6.07) is 6.90. The first-order valence-corrected chi connectivity index (χ1v) is 6.42. The van der Waals surface area contributed by atoms with Gasteiger partial charge in [-0.1, -0.05) is 23.9 Å². The molecule has 1 heterocycles. The van der Waals surface area contributed by atoms with Crippen LogP contribution in [0.1, 0.15) is 5.56 Å². The van der Waals surface area contributed by atoms with Crippen molar-refractivity contribution in [2.24, 2.45) is 0 Å². The molecular formula is C12H12N2O4S. The minimum absolute atomic E-state index is 0.152. The molecule has 1 aliphatic rings. The first-order valence-electron chi connectivity index (χ1n) is 5.54. The van der Waals surface area contributed by atoms with Crippen LogP contribution in [0.4, 0.5) is 0 Å². The number of ether oxygens (including phenoxy) is 1. The molecule has 19 heavy (non-hydrogen) atoms. The van der Waals surface area contributed by atoms with Crippen LogP contribution >= 0.6 is 11.8 Å². The van der Waals surface area contributed by atoms with Crippen molar-refractivity contribution in [3.05, 3.63) is 29.8 Å². The number of aliphatic carboxylic acids is 1. The van der Waals surface area contributed by atoms with Crippen LogP contribution in [0.25, 0.3) is 0 Å². The van der Waals surface area contributed by atoms with E-state index in [-0.39, 0.29) is 22.9 Å². The monoisotopic (exact) mass is 280 g/mol. The van der Waals surface area contributed by atoms with Crippen molar-refractivity contribution in [1.82, 2.24) is 5.32 Å². The van der Waals surface area contributed by atoms with Crippen molar-refractivity contribution in [1.29, 1.82) is 5.41 Å². The van der Waals surface area contributed by atoms with E-state index in [0.717, 1.165) is 5.56 Å². The number of amidine groups is 1. The number of carbonyl (C=O) groups is 2. The minimum atomic E-state index is -1.03. The largest absolute Gasteiger partial charge is 0.482 e. The topological polar surface area (TPSA) is 99.5 Å². The van der Waals surface area contributed by atoms with Gasteiger partial charge in [0.05, 0.1) is 5.25 Å². The van der Waals surface area contributed by atoms with E-state index >= 15 is 0 Å². The number of hydrogen-bond acceptors (Lipinski definition) is 5. The van der Waals surface area contributed by atoms with Crippen LogP contribution in [0.3, 0.4) is 0 Å². The Balaban J connectivity index is 1.93. The zero-order valence-electron chi connectivity index (χ0n) is 9.88. The maximum atomic E-state index is 11.5. The van der Waals surface area contributed by atoms with Gasteiger partial charge in [0.2, 0.25) is 5.91 Å². The summed E-state index contributed by atoms with van der Waals surface area (Å²) in [5.41, 5.74) is 0.935. The Morgan fingerprint density at radius 1 is 1.42 bits per heavy atom. The summed E-state index contributed by atoms with van der Waals surface area (Å²) < 4.78 is 5.01. The van der Waals surface area contributed by atoms with Gasteiger partial charge < -0.3 is 15.2 Å². The Kier molecular flexibility index (Phi) is 4.06. The molecule has 7 heteroatoms. The Hall–Kier alpha value is -2.02. The lowest BCUT2D eigenvalue weighted by molar-refractivity contribution is -0.139. The lowest BCUT2D eigenvalue weighted by atomic mass is 10.1. The second kappa shape index (κ2) is 5.75. The molecule has 0 aromatic heterocycles. The highest BCUT2D eigenvalue weighted by molar-refractivity contribution is 8.15. The van der Waals surface area contributed by atoms with Crippen LogP contribution in [0, 0.1) is 5.41 Å². The Labute approximate surface area is 113 Å². The number of hydrogen-bond donors (Lipinski definition) is 3. The van der Waals surface area contributed by atoms with Gasteiger partial charge in [0.25, 0.3) is 0 Å². The van der Waals surface area contributed by atoms with Gasteiger partial charge in [0.1, 0.15) is 5.75 Å². The first kappa shape index (κ1) is 13.4. The second-order valence-corrected chi connectivity index (χ2v) is 5.17. The van der Waals surface area contributed by atoms with Gasteiger partial charge in [-0.2, -0.15) is 0 Å². The third kappa shape index (κ3) is 3.72. The molecule has 1 amide bonds. The third-order valence-corrected chi connectivity index (χ3v) is 3.50. The average Bonchev–Trinajstić information content (AvgIpc) is 2.67. The number of carboxylic acid groups (broad SMARTS) is 1. The molecule has 1 atom stereocenters. The first-order chi connectivity index (χ1) is 9.04. The SMILES string of the molecule is N=C1NC(=O)C(Cc2ccc(OCC(=O)O)cc2)S1. The van der Waals surface area contributed by atoms with Gasteiger partial charge >= 0.3 is 5.97 Å². The van der Waals surface area contributed by atoms with Gasteiger partial charge in [-0.25, -0.2) is 4.79 Å². The van der Waals surface area contributed by atoms with E-state index in [9.17, 15) is 9.59 Å². The van der Waals surface area contributed by atoms with E-state index < -0.39 is 5.97 Å². The minimum Gasteiger partial charge on any atom is -0.482 e. The zero-order chi connectivity index (χ0) is 13.8. The average molecular weight is 280 g/mol. The van der Waals surface area contributed by atoms with E-state index in [2.05, 4.69) is 5.32 Å². The molecule has 0 radical (unpaired) electrons. The highest BCUT2D eigenvalue weighted by Crippen LogP contribution is 2.23. The van der Waals surface area contributed by atoms with E-state index in [1.807, 2.05) is 0 Å². The van der Waals surface area contributed by atoms with Crippen molar-refractivity contribution in [2.75, 3.05) is 6.61 Å². The number of benzene rings is 1. The smallest absolute Gasteiger partial charge is 0.341 e. The number of nitrogens with one attached hydrogen (secondary N) is 2. The molecule has 1 aromatic rings. The van der Waals surface area contributed by atoms with E-state index in [1.165, 1.54) is 11.8 Å². The van der Waals surface area contributed by atoms with E-state index in [1.54, 1.807) is 24.3 Å². The van der Waals surface area contributed by atoms with Gasteiger partial charge in [-0.3, -0.25) is 10.2 Å². The van der Waals surface area contributed by atoms with Crippen LogP contribution < -0.4 is 10.1 Å². The molecule has 1 aromatic carbocycles. The van der Waals surface area contributed by atoms with Gasteiger partial charge in [0, 0.05) is 0 Å². The predicted molar refractivity (Wildman–Crippen MR) is 70.5 cm³/mol. The van der Waals surface area contributed by atoms with Gasteiger partial charge in [-0.05, 0) is 24.1 Å². The molecule has 3 N–H and O–H groups in total. The predicted octanol–water partition coefficient (Wildman–Crippen LogP) is 0.859. The number of thioether (sulfide) groups is 1. The summed E-state index contributed by atoms with van der Waals surface area (Å²) in [5.74, 6) is -0.703. The molecule has 2 rings (SSSR count). The lowest BCUT2D eigenvalue weighted by Gasteiger charge is -2.07. The Morgan fingerprint density at radius 3 is 2.63 bits per heavy atom. The third-order valence-electron chi connectivity index (χ3n) is 2.50. The fourth-order valence-electron chi connectivity index (χ4n) is 1.63. The molecule has 100 valence electrons. The normalized spacial score (nSPS) is 18.2. The number of amides is 1. The molecular weight excluding hydrogens is 268 g/mol.